The molecule has 0 fully saturated rings. The molecule has 0 aromatic heterocycles. The highest BCUT2D eigenvalue weighted by atomic mass is 19.3. The van der Waals surface area contributed by atoms with E-state index in [0.29, 0.717) is 16.9 Å². The summed E-state index contributed by atoms with van der Waals surface area (Å²) in [5.74, 6) is -0.908. The minimum Gasteiger partial charge on any atom is -0.355 e. The number of alkyl halides is 2. The average molecular weight is 288 g/mol. The molecule has 0 atom stereocenters. The van der Waals surface area contributed by atoms with Crippen LogP contribution in [0.4, 0.5) is 20.2 Å². The van der Waals surface area contributed by atoms with Crippen LogP contribution in [0, 0.1) is 0 Å². The number of carbonyl (C=O) groups is 2. The van der Waals surface area contributed by atoms with Gasteiger partial charge in [0.1, 0.15) is 0 Å². The molecule has 0 bridgehead atoms. The van der Waals surface area contributed by atoms with E-state index in [0.717, 1.165) is 0 Å². The van der Waals surface area contributed by atoms with Crippen molar-refractivity contribution in [3.63, 3.8) is 0 Å². The van der Waals surface area contributed by atoms with E-state index in [1.54, 1.807) is 18.2 Å². The fraction of sp³-hybridized carbons (Fsp3) is 0.0667. The maximum Gasteiger partial charge on any atom is 0.263 e. The quantitative estimate of drug-likeness (QED) is 0.852. The topological polar surface area (TPSA) is 58.2 Å². The lowest BCUT2D eigenvalue weighted by Crippen LogP contribution is -2.20. The predicted octanol–water partition coefficient (Wildman–Crippen LogP) is 3.25. The Labute approximate surface area is 118 Å². The van der Waals surface area contributed by atoms with Crippen molar-refractivity contribution >= 4 is 23.2 Å². The van der Waals surface area contributed by atoms with Gasteiger partial charge in [-0.15, -0.1) is 0 Å². The van der Waals surface area contributed by atoms with E-state index >= 15 is 0 Å². The maximum atomic E-state index is 12.5. The number of imide groups is 1. The van der Waals surface area contributed by atoms with E-state index in [1.807, 2.05) is 0 Å². The molecule has 0 unspecified atom stereocenters. The molecule has 1 aliphatic heterocycles. The van der Waals surface area contributed by atoms with Gasteiger partial charge in [0.2, 0.25) is 0 Å². The first-order chi connectivity index (χ1) is 10.1. The van der Waals surface area contributed by atoms with Gasteiger partial charge in [-0.25, -0.2) is 8.78 Å². The van der Waals surface area contributed by atoms with Crippen LogP contribution in [-0.4, -0.2) is 11.8 Å². The van der Waals surface area contributed by atoms with Gasteiger partial charge >= 0.3 is 0 Å². The van der Waals surface area contributed by atoms with Crippen LogP contribution in [-0.2, 0) is 0 Å². The average Bonchev–Trinajstić information content (AvgIpc) is 2.76. The van der Waals surface area contributed by atoms with Gasteiger partial charge in [0.15, 0.2) is 0 Å². The second-order valence-electron chi connectivity index (χ2n) is 4.56. The molecular weight excluding hydrogens is 278 g/mol. The normalized spacial score (nSPS) is 13.3. The smallest absolute Gasteiger partial charge is 0.263 e. The first-order valence-corrected chi connectivity index (χ1v) is 6.20. The standard InChI is InChI=1S/C15H10F2N2O2/c16-13(17)8-4-6-9(7-5-8)18-11-3-1-2-10-12(11)15(21)19-14(10)20/h1-7,13,18H,(H,19,20,21). The molecule has 3 rings (SSSR count). The fourth-order valence-corrected chi connectivity index (χ4v) is 2.19. The highest BCUT2D eigenvalue weighted by molar-refractivity contribution is 6.24. The number of carbonyl (C=O) groups excluding carboxylic acids is 2. The van der Waals surface area contributed by atoms with Crippen LogP contribution in [0.3, 0.4) is 0 Å². The highest BCUT2D eigenvalue weighted by Crippen LogP contribution is 2.28. The Hall–Kier alpha value is -2.76. The maximum absolute atomic E-state index is 12.5. The van der Waals surface area contributed by atoms with Gasteiger partial charge in [0, 0.05) is 11.3 Å². The summed E-state index contributed by atoms with van der Waals surface area (Å²) >= 11 is 0. The lowest BCUT2D eigenvalue weighted by Gasteiger charge is -2.10. The minimum atomic E-state index is -2.52. The Morgan fingerprint density at radius 1 is 0.952 bits per heavy atom. The Kier molecular flexibility index (Phi) is 3.13. The van der Waals surface area contributed by atoms with Crippen molar-refractivity contribution in [2.75, 3.05) is 5.32 Å². The third-order valence-electron chi connectivity index (χ3n) is 3.20. The molecule has 0 saturated heterocycles. The van der Waals surface area contributed by atoms with E-state index in [1.165, 1.54) is 24.3 Å². The van der Waals surface area contributed by atoms with Crippen LogP contribution < -0.4 is 10.6 Å². The number of hydrogen-bond acceptors (Lipinski definition) is 3. The van der Waals surface area contributed by atoms with E-state index in [4.69, 9.17) is 0 Å². The summed E-state index contributed by atoms with van der Waals surface area (Å²) in [6.07, 6.45) is -2.52. The summed E-state index contributed by atoms with van der Waals surface area (Å²) in [6, 6.07) is 10.5. The summed E-state index contributed by atoms with van der Waals surface area (Å²) in [6.45, 7) is 0. The van der Waals surface area contributed by atoms with Crippen molar-refractivity contribution in [3.8, 4) is 0 Å². The lowest BCUT2D eigenvalue weighted by atomic mass is 10.1. The molecule has 2 aromatic carbocycles. The van der Waals surface area contributed by atoms with Crippen molar-refractivity contribution < 1.29 is 18.4 Å². The molecule has 0 saturated carbocycles. The zero-order valence-electron chi connectivity index (χ0n) is 10.7. The first-order valence-electron chi connectivity index (χ1n) is 6.20. The van der Waals surface area contributed by atoms with E-state index in [-0.39, 0.29) is 11.1 Å². The monoisotopic (exact) mass is 288 g/mol. The molecule has 106 valence electrons. The molecule has 1 aliphatic rings. The Bertz CT molecular complexity index is 727. The van der Waals surface area contributed by atoms with Gasteiger partial charge < -0.3 is 5.32 Å². The van der Waals surface area contributed by atoms with Crippen LogP contribution in [0.15, 0.2) is 42.5 Å². The molecule has 4 nitrogen and oxygen atoms in total. The van der Waals surface area contributed by atoms with Crippen LogP contribution in [0.1, 0.15) is 32.7 Å². The zero-order chi connectivity index (χ0) is 15.0. The number of halogens is 2. The van der Waals surface area contributed by atoms with Crippen molar-refractivity contribution in [1.82, 2.24) is 5.32 Å². The van der Waals surface area contributed by atoms with Gasteiger partial charge in [-0.2, -0.15) is 0 Å². The molecule has 0 spiro atoms. The van der Waals surface area contributed by atoms with Crippen LogP contribution in [0.25, 0.3) is 0 Å². The number of amides is 2. The number of hydrogen-bond donors (Lipinski definition) is 2. The number of rotatable bonds is 3. The number of nitrogens with one attached hydrogen (secondary N) is 2. The van der Waals surface area contributed by atoms with E-state index in [2.05, 4.69) is 10.6 Å². The summed E-state index contributed by atoms with van der Waals surface area (Å²) in [5, 5.41) is 5.18. The summed E-state index contributed by atoms with van der Waals surface area (Å²) < 4.78 is 25.0. The predicted molar refractivity (Wildman–Crippen MR) is 72.9 cm³/mol. The third kappa shape index (κ3) is 2.35. The van der Waals surface area contributed by atoms with Gasteiger partial charge in [0.25, 0.3) is 18.2 Å². The number of fused-ring (bicyclic) bond motifs is 1. The molecule has 1 heterocycles. The van der Waals surface area contributed by atoms with Crippen molar-refractivity contribution in [2.45, 2.75) is 6.43 Å². The van der Waals surface area contributed by atoms with Crippen LogP contribution in [0.2, 0.25) is 0 Å². The van der Waals surface area contributed by atoms with Crippen LogP contribution in [0.5, 0.6) is 0 Å². The summed E-state index contributed by atoms with van der Waals surface area (Å²) in [4.78, 5) is 23.3. The summed E-state index contributed by atoms with van der Waals surface area (Å²) in [7, 11) is 0. The molecule has 2 aromatic rings. The van der Waals surface area contributed by atoms with Crippen molar-refractivity contribution in [2.24, 2.45) is 0 Å². The third-order valence-corrected chi connectivity index (χ3v) is 3.20. The molecule has 21 heavy (non-hydrogen) atoms. The van der Waals surface area contributed by atoms with E-state index in [9.17, 15) is 18.4 Å². The number of benzene rings is 2. The van der Waals surface area contributed by atoms with Crippen LogP contribution >= 0.6 is 0 Å². The lowest BCUT2D eigenvalue weighted by molar-refractivity contribution is 0.0880. The first kappa shape index (κ1) is 13.2. The zero-order valence-corrected chi connectivity index (χ0v) is 10.7. The largest absolute Gasteiger partial charge is 0.355 e. The van der Waals surface area contributed by atoms with Gasteiger partial charge in [-0.05, 0) is 24.3 Å². The van der Waals surface area contributed by atoms with Gasteiger partial charge in [0.05, 0.1) is 16.8 Å². The fourth-order valence-electron chi connectivity index (χ4n) is 2.19. The Balaban J connectivity index is 1.93. The Morgan fingerprint density at radius 3 is 2.33 bits per heavy atom. The second kappa shape index (κ2) is 4.97. The SMILES string of the molecule is O=C1NC(=O)c2c(Nc3ccc(C(F)F)cc3)cccc21. The highest BCUT2D eigenvalue weighted by Gasteiger charge is 2.29. The van der Waals surface area contributed by atoms with Gasteiger partial charge in [-0.3, -0.25) is 14.9 Å². The molecular formula is C15H10F2N2O2. The molecule has 6 heteroatoms. The molecule has 2 N–H and O–H groups in total. The molecule has 2 amide bonds. The number of anilines is 2. The molecule has 0 aliphatic carbocycles. The summed E-state index contributed by atoms with van der Waals surface area (Å²) in [5.41, 5.74) is 1.50. The second-order valence-corrected chi connectivity index (χ2v) is 4.56. The van der Waals surface area contributed by atoms with Gasteiger partial charge in [-0.1, -0.05) is 18.2 Å². The molecule has 0 radical (unpaired) electrons. The minimum absolute atomic E-state index is 0.0771. The van der Waals surface area contributed by atoms with E-state index < -0.39 is 18.2 Å². The van der Waals surface area contributed by atoms with Crippen molar-refractivity contribution in [1.29, 1.82) is 0 Å². The van der Waals surface area contributed by atoms with Crippen molar-refractivity contribution in [3.05, 3.63) is 59.2 Å². The Morgan fingerprint density at radius 2 is 1.67 bits per heavy atom.